The van der Waals surface area contributed by atoms with Gasteiger partial charge in [-0.1, -0.05) is 17.7 Å². The van der Waals surface area contributed by atoms with E-state index in [2.05, 4.69) is 10.3 Å². The highest BCUT2D eigenvalue weighted by molar-refractivity contribution is 6.29. The molecular formula is C15H15ClN2O3. The average Bonchev–Trinajstić information content (AvgIpc) is 2.49. The van der Waals surface area contributed by atoms with E-state index in [4.69, 9.17) is 21.1 Å². The highest BCUT2D eigenvalue weighted by Gasteiger charge is 2.10. The van der Waals surface area contributed by atoms with E-state index >= 15 is 0 Å². The Morgan fingerprint density at radius 2 is 2.10 bits per heavy atom. The van der Waals surface area contributed by atoms with Gasteiger partial charge in [0.15, 0.2) is 11.5 Å². The van der Waals surface area contributed by atoms with Gasteiger partial charge in [0.25, 0.3) is 5.91 Å². The van der Waals surface area contributed by atoms with Crippen LogP contribution in [0.25, 0.3) is 0 Å². The molecule has 0 unspecified atom stereocenters. The van der Waals surface area contributed by atoms with Crippen molar-refractivity contribution >= 4 is 23.2 Å². The second kappa shape index (κ2) is 6.95. The zero-order valence-corrected chi connectivity index (χ0v) is 12.5. The van der Waals surface area contributed by atoms with E-state index in [9.17, 15) is 4.79 Å². The lowest BCUT2D eigenvalue weighted by atomic mass is 10.2. The van der Waals surface area contributed by atoms with Crippen LogP contribution in [0, 0.1) is 0 Å². The van der Waals surface area contributed by atoms with Gasteiger partial charge in [-0.3, -0.25) is 4.79 Å². The molecule has 0 aliphatic carbocycles. The number of pyridine rings is 1. The molecule has 0 spiro atoms. The predicted molar refractivity (Wildman–Crippen MR) is 81.4 cm³/mol. The first-order valence-electron chi connectivity index (χ1n) is 6.38. The lowest BCUT2D eigenvalue weighted by Gasteiger charge is -2.11. The largest absolute Gasteiger partial charge is 0.493 e. The molecule has 0 bridgehead atoms. The van der Waals surface area contributed by atoms with Gasteiger partial charge in [-0.25, -0.2) is 4.98 Å². The van der Waals surface area contributed by atoms with Crippen molar-refractivity contribution in [1.82, 2.24) is 4.98 Å². The third kappa shape index (κ3) is 3.86. The Morgan fingerprint density at radius 3 is 2.76 bits per heavy atom. The van der Waals surface area contributed by atoms with Crippen molar-refractivity contribution in [3.63, 3.8) is 0 Å². The fourth-order valence-electron chi connectivity index (χ4n) is 1.75. The van der Waals surface area contributed by atoms with Gasteiger partial charge in [0.05, 0.1) is 13.7 Å². The number of benzene rings is 1. The normalized spacial score (nSPS) is 10.0. The number of carbonyl (C=O) groups excluding carboxylic acids is 1. The molecular weight excluding hydrogens is 292 g/mol. The summed E-state index contributed by atoms with van der Waals surface area (Å²) < 4.78 is 10.7. The smallest absolute Gasteiger partial charge is 0.274 e. The number of aromatic nitrogens is 1. The van der Waals surface area contributed by atoms with E-state index in [1.807, 2.05) is 6.92 Å². The third-order valence-electron chi connectivity index (χ3n) is 2.67. The summed E-state index contributed by atoms with van der Waals surface area (Å²) in [7, 11) is 1.54. The van der Waals surface area contributed by atoms with E-state index in [0.717, 1.165) is 0 Å². The molecule has 21 heavy (non-hydrogen) atoms. The van der Waals surface area contributed by atoms with E-state index < -0.39 is 0 Å². The maximum atomic E-state index is 12.1. The number of carbonyl (C=O) groups is 1. The zero-order valence-electron chi connectivity index (χ0n) is 11.7. The second-order valence-corrected chi connectivity index (χ2v) is 4.49. The maximum absolute atomic E-state index is 12.1. The van der Waals surface area contributed by atoms with Crippen molar-refractivity contribution in [3.05, 3.63) is 47.2 Å². The van der Waals surface area contributed by atoms with Gasteiger partial charge >= 0.3 is 0 Å². The van der Waals surface area contributed by atoms with Crippen LogP contribution in [0.4, 0.5) is 5.69 Å². The Balaban J connectivity index is 2.17. The van der Waals surface area contributed by atoms with Crippen LogP contribution in [0.2, 0.25) is 5.15 Å². The van der Waals surface area contributed by atoms with Crippen molar-refractivity contribution in [3.8, 4) is 11.5 Å². The molecule has 1 N–H and O–H groups in total. The van der Waals surface area contributed by atoms with Crippen LogP contribution < -0.4 is 14.8 Å². The highest BCUT2D eigenvalue weighted by Crippen LogP contribution is 2.30. The fourth-order valence-corrected chi connectivity index (χ4v) is 1.91. The molecule has 110 valence electrons. The quantitative estimate of drug-likeness (QED) is 0.860. The Kier molecular flexibility index (Phi) is 5.00. The minimum absolute atomic E-state index is 0.246. The summed E-state index contributed by atoms with van der Waals surface area (Å²) in [5, 5.41) is 3.00. The number of anilines is 1. The molecule has 2 aromatic rings. The van der Waals surface area contributed by atoms with Gasteiger partial charge in [-0.05, 0) is 31.2 Å². The summed E-state index contributed by atoms with van der Waals surface area (Å²) in [4.78, 5) is 16.0. The van der Waals surface area contributed by atoms with Crippen LogP contribution in [0.3, 0.4) is 0 Å². The number of halogens is 1. The molecule has 0 aliphatic heterocycles. The molecule has 0 atom stereocenters. The van der Waals surface area contributed by atoms with E-state index in [0.29, 0.717) is 23.8 Å². The standard InChI is InChI=1S/C15H15ClN2O3/c1-3-21-12-8-7-10(9-13(12)20-2)17-15(19)11-5-4-6-14(16)18-11/h4-9H,3H2,1-2H3,(H,17,19). The molecule has 1 amide bonds. The zero-order chi connectivity index (χ0) is 15.2. The lowest BCUT2D eigenvalue weighted by molar-refractivity contribution is 0.102. The molecule has 0 aliphatic rings. The van der Waals surface area contributed by atoms with Crippen molar-refractivity contribution in [2.45, 2.75) is 6.92 Å². The molecule has 2 rings (SSSR count). The van der Waals surface area contributed by atoms with Gasteiger partial charge in [0.2, 0.25) is 0 Å². The number of nitrogens with zero attached hydrogens (tertiary/aromatic N) is 1. The number of rotatable bonds is 5. The van der Waals surface area contributed by atoms with Crippen molar-refractivity contribution in [1.29, 1.82) is 0 Å². The van der Waals surface area contributed by atoms with Gasteiger partial charge in [0.1, 0.15) is 10.8 Å². The molecule has 1 aromatic heterocycles. The maximum Gasteiger partial charge on any atom is 0.274 e. The Morgan fingerprint density at radius 1 is 1.29 bits per heavy atom. The molecule has 6 heteroatoms. The van der Waals surface area contributed by atoms with Crippen LogP contribution in [0.1, 0.15) is 17.4 Å². The lowest BCUT2D eigenvalue weighted by Crippen LogP contribution is -2.13. The fraction of sp³-hybridized carbons (Fsp3) is 0.200. The monoisotopic (exact) mass is 306 g/mol. The Labute approximate surface area is 127 Å². The molecule has 5 nitrogen and oxygen atoms in total. The summed E-state index contributed by atoms with van der Waals surface area (Å²) in [5.41, 5.74) is 0.831. The number of ether oxygens (including phenoxy) is 2. The van der Waals surface area contributed by atoms with Crippen molar-refractivity contribution in [2.24, 2.45) is 0 Å². The Bertz CT molecular complexity index is 647. The number of nitrogens with one attached hydrogen (secondary N) is 1. The van der Waals surface area contributed by atoms with Crippen molar-refractivity contribution < 1.29 is 14.3 Å². The molecule has 0 radical (unpaired) electrons. The van der Waals surface area contributed by atoms with Crippen LogP contribution in [-0.2, 0) is 0 Å². The SMILES string of the molecule is CCOc1ccc(NC(=O)c2cccc(Cl)n2)cc1OC. The minimum atomic E-state index is -0.344. The summed E-state index contributed by atoms with van der Waals surface area (Å²) in [6.07, 6.45) is 0. The van der Waals surface area contributed by atoms with Crippen LogP contribution in [-0.4, -0.2) is 24.6 Å². The van der Waals surface area contributed by atoms with Crippen LogP contribution in [0.15, 0.2) is 36.4 Å². The van der Waals surface area contributed by atoms with Gasteiger partial charge in [-0.15, -0.1) is 0 Å². The number of hydrogen-bond donors (Lipinski definition) is 1. The minimum Gasteiger partial charge on any atom is -0.493 e. The van der Waals surface area contributed by atoms with Crippen LogP contribution >= 0.6 is 11.6 Å². The first kappa shape index (κ1) is 15.1. The molecule has 0 saturated carbocycles. The molecule has 1 aromatic carbocycles. The second-order valence-electron chi connectivity index (χ2n) is 4.10. The molecule has 1 heterocycles. The average molecular weight is 307 g/mol. The topological polar surface area (TPSA) is 60.5 Å². The van der Waals surface area contributed by atoms with E-state index in [-0.39, 0.29) is 16.8 Å². The first-order chi connectivity index (χ1) is 10.1. The number of hydrogen-bond acceptors (Lipinski definition) is 4. The molecule has 0 saturated heterocycles. The van der Waals surface area contributed by atoms with Crippen molar-refractivity contribution in [2.75, 3.05) is 19.0 Å². The summed E-state index contributed by atoms with van der Waals surface area (Å²) in [6, 6.07) is 10.0. The van der Waals surface area contributed by atoms with Crippen LogP contribution in [0.5, 0.6) is 11.5 Å². The van der Waals surface area contributed by atoms with Gasteiger partial charge in [0, 0.05) is 11.8 Å². The first-order valence-corrected chi connectivity index (χ1v) is 6.76. The Hall–Kier alpha value is -2.27. The highest BCUT2D eigenvalue weighted by atomic mass is 35.5. The van der Waals surface area contributed by atoms with Gasteiger partial charge < -0.3 is 14.8 Å². The summed E-state index contributed by atoms with van der Waals surface area (Å²) in [6.45, 7) is 2.43. The predicted octanol–water partition coefficient (Wildman–Crippen LogP) is 3.39. The number of methoxy groups -OCH3 is 1. The summed E-state index contributed by atoms with van der Waals surface area (Å²) in [5.74, 6) is 0.830. The number of amides is 1. The van der Waals surface area contributed by atoms with Gasteiger partial charge in [-0.2, -0.15) is 0 Å². The van der Waals surface area contributed by atoms with E-state index in [1.165, 1.54) is 0 Å². The third-order valence-corrected chi connectivity index (χ3v) is 2.88. The summed E-state index contributed by atoms with van der Waals surface area (Å²) >= 11 is 5.77. The molecule has 0 fully saturated rings. The van der Waals surface area contributed by atoms with E-state index in [1.54, 1.807) is 43.5 Å².